The van der Waals surface area contributed by atoms with Crippen LogP contribution >= 0.6 is 11.3 Å². The van der Waals surface area contributed by atoms with E-state index < -0.39 is 11.8 Å². The molecule has 1 aromatic heterocycles. The van der Waals surface area contributed by atoms with E-state index in [0.717, 1.165) is 10.4 Å². The first-order valence-electron chi connectivity index (χ1n) is 7.04. The molecule has 1 aliphatic heterocycles. The van der Waals surface area contributed by atoms with Gasteiger partial charge in [0, 0.05) is 4.88 Å². The second kappa shape index (κ2) is 7.14. The number of thiophene rings is 1. The Morgan fingerprint density at radius 2 is 1.75 bits per heavy atom. The Morgan fingerprint density at radius 3 is 2.46 bits per heavy atom. The highest BCUT2D eigenvalue weighted by molar-refractivity contribution is 7.17. The summed E-state index contributed by atoms with van der Waals surface area (Å²) in [5, 5.41) is 0. The molecule has 2 heterocycles. The number of carbonyl (C=O) groups excluding carboxylic acids is 2. The van der Waals surface area contributed by atoms with Gasteiger partial charge in [-0.15, -0.1) is 11.3 Å². The van der Waals surface area contributed by atoms with E-state index in [-0.39, 0.29) is 18.2 Å². The number of nitrogens with one attached hydrogen (secondary N) is 2. The van der Waals surface area contributed by atoms with Gasteiger partial charge in [0.15, 0.2) is 0 Å². The molecule has 2 aromatic rings. The second-order valence-corrected chi connectivity index (χ2v) is 5.86. The van der Waals surface area contributed by atoms with Crippen LogP contribution in [0.5, 0.6) is 0 Å². The molecule has 0 spiro atoms. The van der Waals surface area contributed by atoms with Gasteiger partial charge in [0.05, 0.1) is 4.88 Å². The van der Waals surface area contributed by atoms with Gasteiger partial charge in [-0.3, -0.25) is 20.4 Å². The average Bonchev–Trinajstić information content (AvgIpc) is 3.11. The van der Waals surface area contributed by atoms with Crippen LogP contribution in [0, 0.1) is 5.82 Å². The number of ether oxygens (including phenoxy) is 2. The third kappa shape index (κ3) is 3.72. The summed E-state index contributed by atoms with van der Waals surface area (Å²) in [7, 11) is 0. The van der Waals surface area contributed by atoms with Crippen LogP contribution in [0.4, 0.5) is 4.39 Å². The molecule has 1 aromatic carbocycles. The fraction of sp³-hybridized carbons (Fsp3) is 0.125. The second-order valence-electron chi connectivity index (χ2n) is 4.78. The molecule has 0 saturated heterocycles. The summed E-state index contributed by atoms with van der Waals surface area (Å²) in [6.45, 7) is 0.656. The Kier molecular flexibility index (Phi) is 4.76. The van der Waals surface area contributed by atoms with E-state index in [1.807, 2.05) is 0 Å². The fourth-order valence-corrected chi connectivity index (χ4v) is 2.86. The summed E-state index contributed by atoms with van der Waals surface area (Å²) in [5.74, 6) is -1.38. The topological polar surface area (TPSA) is 76.7 Å². The summed E-state index contributed by atoms with van der Waals surface area (Å²) in [6.07, 6.45) is 1.20. The lowest BCUT2D eigenvalue weighted by Crippen LogP contribution is -2.42. The van der Waals surface area contributed by atoms with E-state index in [9.17, 15) is 14.0 Å². The van der Waals surface area contributed by atoms with Crippen LogP contribution in [0.1, 0.15) is 9.67 Å². The zero-order chi connectivity index (χ0) is 16.9. The van der Waals surface area contributed by atoms with Crippen LogP contribution in [-0.4, -0.2) is 25.0 Å². The predicted octanol–water partition coefficient (Wildman–Crippen LogP) is 2.20. The van der Waals surface area contributed by atoms with E-state index in [1.54, 1.807) is 24.3 Å². The first-order valence-corrected chi connectivity index (χ1v) is 7.86. The van der Waals surface area contributed by atoms with Gasteiger partial charge in [-0.25, -0.2) is 4.39 Å². The van der Waals surface area contributed by atoms with E-state index in [0.29, 0.717) is 11.5 Å². The van der Waals surface area contributed by atoms with Gasteiger partial charge in [-0.1, -0.05) is 12.1 Å². The standard InChI is InChI=1S/C16H13FN2O4S/c17-11-3-1-10(2-4-11)13-5-6-14(24-13)16(21)19-18-15(20)12-9-22-7-8-23-12/h1-6,9H,7-8H2,(H,18,20)(H,19,21). The minimum Gasteiger partial charge on any atom is -0.494 e. The Hall–Kier alpha value is -2.87. The van der Waals surface area contributed by atoms with Crippen molar-refractivity contribution < 1.29 is 23.5 Å². The van der Waals surface area contributed by atoms with E-state index in [1.165, 1.54) is 29.7 Å². The van der Waals surface area contributed by atoms with Gasteiger partial charge in [-0.05, 0) is 29.8 Å². The number of amides is 2. The minimum atomic E-state index is -0.599. The fourth-order valence-electron chi connectivity index (χ4n) is 1.95. The first-order chi connectivity index (χ1) is 11.6. The summed E-state index contributed by atoms with van der Waals surface area (Å²) in [5.41, 5.74) is 5.37. The number of rotatable bonds is 3. The quantitative estimate of drug-likeness (QED) is 0.834. The van der Waals surface area contributed by atoms with Crippen molar-refractivity contribution in [2.24, 2.45) is 0 Å². The van der Waals surface area contributed by atoms with Crippen molar-refractivity contribution in [2.45, 2.75) is 0 Å². The van der Waals surface area contributed by atoms with Crippen LogP contribution in [0.3, 0.4) is 0 Å². The molecule has 2 amide bonds. The molecule has 0 radical (unpaired) electrons. The van der Waals surface area contributed by atoms with Gasteiger partial charge >= 0.3 is 5.91 Å². The lowest BCUT2D eigenvalue weighted by molar-refractivity contribution is -0.123. The molecular formula is C16H13FN2O4S. The number of hydrazine groups is 1. The Bertz CT molecular complexity index is 786. The SMILES string of the molecule is O=C(NNC(=O)c1ccc(-c2ccc(F)cc2)s1)C1=COCCO1. The molecule has 0 atom stereocenters. The van der Waals surface area contributed by atoms with Gasteiger partial charge in [0.1, 0.15) is 25.3 Å². The Morgan fingerprint density at radius 1 is 1.00 bits per heavy atom. The third-order valence-corrected chi connectivity index (χ3v) is 4.25. The van der Waals surface area contributed by atoms with Crippen molar-refractivity contribution in [3.63, 3.8) is 0 Å². The zero-order valence-corrected chi connectivity index (χ0v) is 13.2. The van der Waals surface area contributed by atoms with E-state index >= 15 is 0 Å². The smallest absolute Gasteiger partial charge is 0.308 e. The lowest BCUT2D eigenvalue weighted by Gasteiger charge is -2.15. The number of hydrogen-bond donors (Lipinski definition) is 2. The molecule has 0 aliphatic carbocycles. The van der Waals surface area contributed by atoms with Gasteiger partial charge in [0.2, 0.25) is 5.76 Å². The predicted molar refractivity (Wildman–Crippen MR) is 85.3 cm³/mol. The molecule has 6 nitrogen and oxygen atoms in total. The van der Waals surface area contributed by atoms with Crippen LogP contribution in [0.2, 0.25) is 0 Å². The Labute approximate surface area is 140 Å². The molecule has 0 bridgehead atoms. The molecule has 8 heteroatoms. The molecule has 2 N–H and O–H groups in total. The van der Waals surface area contributed by atoms with Gasteiger partial charge in [0.25, 0.3) is 5.91 Å². The van der Waals surface area contributed by atoms with Crippen molar-refractivity contribution in [1.29, 1.82) is 0 Å². The van der Waals surface area contributed by atoms with Crippen LogP contribution in [0.15, 0.2) is 48.4 Å². The highest BCUT2D eigenvalue weighted by atomic mass is 32.1. The molecule has 3 rings (SSSR count). The summed E-state index contributed by atoms with van der Waals surface area (Å²) in [6, 6.07) is 9.37. The normalized spacial score (nSPS) is 13.3. The highest BCUT2D eigenvalue weighted by Crippen LogP contribution is 2.28. The van der Waals surface area contributed by atoms with Gasteiger partial charge < -0.3 is 9.47 Å². The number of benzene rings is 1. The monoisotopic (exact) mass is 348 g/mol. The van der Waals surface area contributed by atoms with Crippen molar-refractivity contribution >= 4 is 23.2 Å². The van der Waals surface area contributed by atoms with Crippen LogP contribution < -0.4 is 10.9 Å². The number of carbonyl (C=O) groups is 2. The summed E-state index contributed by atoms with van der Waals surface area (Å²) < 4.78 is 23.0. The minimum absolute atomic E-state index is 0.000249. The molecule has 24 heavy (non-hydrogen) atoms. The van der Waals surface area contributed by atoms with Crippen molar-refractivity contribution in [1.82, 2.24) is 10.9 Å². The Balaban J connectivity index is 1.60. The highest BCUT2D eigenvalue weighted by Gasteiger charge is 2.17. The molecule has 0 unspecified atom stereocenters. The first kappa shape index (κ1) is 16.0. The number of halogens is 1. The largest absolute Gasteiger partial charge is 0.494 e. The summed E-state index contributed by atoms with van der Waals surface area (Å²) >= 11 is 1.23. The maximum Gasteiger partial charge on any atom is 0.308 e. The molecule has 1 aliphatic rings. The molecule has 0 fully saturated rings. The maximum absolute atomic E-state index is 12.9. The molecule has 124 valence electrons. The lowest BCUT2D eigenvalue weighted by atomic mass is 10.2. The van der Waals surface area contributed by atoms with E-state index in [4.69, 9.17) is 9.47 Å². The van der Waals surface area contributed by atoms with Gasteiger partial charge in [-0.2, -0.15) is 0 Å². The van der Waals surface area contributed by atoms with Crippen LogP contribution in [0.25, 0.3) is 10.4 Å². The van der Waals surface area contributed by atoms with Crippen molar-refractivity contribution in [2.75, 3.05) is 13.2 Å². The average molecular weight is 348 g/mol. The molecular weight excluding hydrogens is 335 g/mol. The van der Waals surface area contributed by atoms with Crippen LogP contribution in [-0.2, 0) is 14.3 Å². The summed E-state index contributed by atoms with van der Waals surface area (Å²) in [4.78, 5) is 25.0. The maximum atomic E-state index is 12.9. The van der Waals surface area contributed by atoms with E-state index in [2.05, 4.69) is 10.9 Å². The van der Waals surface area contributed by atoms with Crippen molar-refractivity contribution in [3.05, 3.63) is 59.1 Å². The van der Waals surface area contributed by atoms with Crippen molar-refractivity contribution in [3.8, 4) is 10.4 Å². The zero-order valence-electron chi connectivity index (χ0n) is 12.4. The third-order valence-electron chi connectivity index (χ3n) is 3.12. The molecule has 0 saturated carbocycles. The number of hydrogen-bond acceptors (Lipinski definition) is 5.